The van der Waals surface area contributed by atoms with Gasteiger partial charge in [-0.3, -0.25) is 0 Å². The van der Waals surface area contributed by atoms with E-state index in [-0.39, 0.29) is 16.7 Å². The number of benzene rings is 1. The Hall–Kier alpha value is -1.67. The highest BCUT2D eigenvalue weighted by molar-refractivity contribution is 7.85. The van der Waals surface area contributed by atoms with Crippen LogP contribution in [0.4, 0.5) is 4.39 Å². The first-order chi connectivity index (χ1) is 12.9. The van der Waals surface area contributed by atoms with E-state index in [4.69, 9.17) is 9.47 Å². The number of hydrogen-bond acceptors (Lipinski definition) is 6. The maximum absolute atomic E-state index is 14.5. The Labute approximate surface area is 165 Å². The Morgan fingerprint density at radius 1 is 1.32 bits per heavy atom. The average Bonchev–Trinajstić information content (AvgIpc) is 3.16. The van der Waals surface area contributed by atoms with Crippen molar-refractivity contribution >= 4 is 16.1 Å². The van der Waals surface area contributed by atoms with Crippen molar-refractivity contribution in [3.63, 3.8) is 0 Å². The van der Waals surface area contributed by atoms with Crippen molar-refractivity contribution in [2.24, 2.45) is 17.3 Å². The van der Waals surface area contributed by atoms with Gasteiger partial charge in [-0.1, -0.05) is 20.8 Å². The summed E-state index contributed by atoms with van der Waals surface area (Å²) in [5, 5.41) is 0. The monoisotopic (exact) mass is 413 g/mol. The zero-order valence-corrected chi connectivity index (χ0v) is 17.2. The van der Waals surface area contributed by atoms with E-state index in [9.17, 15) is 22.2 Å². The highest BCUT2D eigenvalue weighted by Gasteiger charge is 2.59. The van der Waals surface area contributed by atoms with Crippen molar-refractivity contribution in [3.05, 3.63) is 29.6 Å². The lowest BCUT2D eigenvalue weighted by molar-refractivity contribution is -0.0785. The van der Waals surface area contributed by atoms with Gasteiger partial charge in [0.1, 0.15) is 12.2 Å². The molecule has 0 aromatic heterocycles. The predicted octanol–water partition coefficient (Wildman–Crippen LogP) is 3.51. The molecule has 0 heterocycles. The van der Waals surface area contributed by atoms with Crippen molar-refractivity contribution in [2.75, 3.05) is 12.4 Å². The van der Waals surface area contributed by atoms with Crippen LogP contribution >= 0.6 is 0 Å². The van der Waals surface area contributed by atoms with Gasteiger partial charge in [-0.2, -0.15) is 0 Å². The molecule has 2 saturated carbocycles. The smallest absolute Gasteiger partial charge is 0.338 e. The molecule has 1 aromatic carbocycles. The molecule has 2 fully saturated rings. The standard InChI is InChI=1S/C20H27FO6S/c1-19(2,3)20(12-13-4-6-15(20)10-13)27-17-11-14(5-7-16(17)21)18(22)26-8-9-28(23,24)25/h5,7,11,13,15H,4,6,8-10,12H2,1-3H3,(H,23,24,25)/p-1. The molecular formula is C20H26FO6S-. The van der Waals surface area contributed by atoms with Crippen molar-refractivity contribution in [1.82, 2.24) is 0 Å². The summed E-state index contributed by atoms with van der Waals surface area (Å²) in [5.74, 6) is -1.28. The first kappa shape index (κ1) is 21.0. The van der Waals surface area contributed by atoms with E-state index in [1.54, 1.807) is 0 Å². The number of esters is 1. The molecule has 28 heavy (non-hydrogen) atoms. The van der Waals surface area contributed by atoms with Gasteiger partial charge in [-0.25, -0.2) is 17.6 Å². The Morgan fingerprint density at radius 2 is 2.04 bits per heavy atom. The van der Waals surface area contributed by atoms with Crippen molar-refractivity contribution < 1.29 is 31.6 Å². The molecule has 2 aliphatic carbocycles. The predicted molar refractivity (Wildman–Crippen MR) is 99.5 cm³/mol. The number of rotatable bonds is 6. The second-order valence-electron chi connectivity index (χ2n) is 8.86. The number of carbonyl (C=O) groups is 1. The molecule has 3 unspecified atom stereocenters. The largest absolute Gasteiger partial charge is 0.748 e. The summed E-state index contributed by atoms with van der Waals surface area (Å²) < 4.78 is 57.5. The number of halogens is 1. The van der Waals surface area contributed by atoms with Crippen LogP contribution in [0.1, 0.15) is 56.8 Å². The Bertz CT molecular complexity index is 860. The third-order valence-corrected chi connectivity index (χ3v) is 6.75. The summed E-state index contributed by atoms with van der Waals surface area (Å²) in [6.07, 6.45) is 4.15. The number of fused-ring (bicyclic) bond motifs is 2. The van der Waals surface area contributed by atoms with Gasteiger partial charge >= 0.3 is 5.97 Å². The molecule has 3 rings (SSSR count). The van der Waals surface area contributed by atoms with Gasteiger partial charge in [0.25, 0.3) is 0 Å². The zero-order valence-electron chi connectivity index (χ0n) is 16.4. The summed E-state index contributed by atoms with van der Waals surface area (Å²) in [4.78, 5) is 12.1. The van der Waals surface area contributed by atoms with Crippen LogP contribution in [0.3, 0.4) is 0 Å². The normalized spacial score (nSPS) is 27.0. The highest BCUT2D eigenvalue weighted by atomic mass is 32.2. The van der Waals surface area contributed by atoms with Gasteiger partial charge in [-0.15, -0.1) is 0 Å². The lowest BCUT2D eigenvalue weighted by Crippen LogP contribution is -2.52. The zero-order chi connectivity index (χ0) is 20.7. The molecule has 0 aliphatic heterocycles. The van der Waals surface area contributed by atoms with Crippen molar-refractivity contribution in [3.8, 4) is 5.75 Å². The second-order valence-corrected chi connectivity index (χ2v) is 10.4. The second kappa shape index (κ2) is 7.30. The third kappa shape index (κ3) is 4.17. The van der Waals surface area contributed by atoms with Gasteiger partial charge in [0.2, 0.25) is 0 Å². The average molecular weight is 413 g/mol. The Kier molecular flexibility index (Phi) is 5.49. The van der Waals surface area contributed by atoms with E-state index >= 15 is 0 Å². The quantitative estimate of drug-likeness (QED) is 0.523. The Balaban J connectivity index is 1.80. The minimum atomic E-state index is -4.47. The van der Waals surface area contributed by atoms with Crippen LogP contribution in [0.5, 0.6) is 5.75 Å². The van der Waals surface area contributed by atoms with Gasteiger partial charge in [0, 0.05) is 5.41 Å². The lowest BCUT2D eigenvalue weighted by atomic mass is 9.67. The molecule has 2 aliphatic rings. The molecule has 156 valence electrons. The first-order valence-electron chi connectivity index (χ1n) is 9.50. The van der Waals surface area contributed by atoms with E-state index in [2.05, 4.69) is 20.8 Å². The molecule has 2 bridgehead atoms. The molecule has 0 saturated heterocycles. The number of ether oxygens (including phenoxy) is 2. The third-order valence-electron chi connectivity index (χ3n) is 6.09. The minimum absolute atomic E-state index is 0.00614. The van der Waals surface area contributed by atoms with E-state index in [1.165, 1.54) is 18.6 Å². The molecule has 3 atom stereocenters. The summed E-state index contributed by atoms with van der Waals surface area (Å²) in [6.45, 7) is 5.72. The lowest BCUT2D eigenvalue weighted by Gasteiger charge is -2.48. The molecule has 8 heteroatoms. The van der Waals surface area contributed by atoms with Gasteiger partial charge < -0.3 is 14.0 Å². The minimum Gasteiger partial charge on any atom is -0.748 e. The van der Waals surface area contributed by atoms with Crippen LogP contribution in [0.25, 0.3) is 0 Å². The fourth-order valence-corrected chi connectivity index (χ4v) is 4.99. The molecule has 0 spiro atoms. The molecule has 0 N–H and O–H groups in total. The van der Waals surface area contributed by atoms with Crippen LogP contribution < -0.4 is 4.74 Å². The molecule has 6 nitrogen and oxygen atoms in total. The van der Waals surface area contributed by atoms with E-state index in [1.807, 2.05) is 0 Å². The van der Waals surface area contributed by atoms with Crippen LogP contribution in [0, 0.1) is 23.1 Å². The van der Waals surface area contributed by atoms with Crippen LogP contribution in [0.15, 0.2) is 18.2 Å². The summed E-state index contributed by atoms with van der Waals surface area (Å²) in [7, 11) is -4.47. The van der Waals surface area contributed by atoms with Gasteiger partial charge in [0.15, 0.2) is 11.6 Å². The van der Waals surface area contributed by atoms with E-state index in [0.29, 0.717) is 11.8 Å². The summed E-state index contributed by atoms with van der Waals surface area (Å²) in [5.41, 5.74) is -0.666. The first-order valence-corrected chi connectivity index (χ1v) is 11.1. The van der Waals surface area contributed by atoms with Crippen LogP contribution in [-0.2, 0) is 14.9 Å². The van der Waals surface area contributed by atoms with Crippen LogP contribution in [0.2, 0.25) is 0 Å². The van der Waals surface area contributed by atoms with Gasteiger partial charge in [-0.05, 0) is 55.7 Å². The number of hydrogen-bond donors (Lipinski definition) is 0. The molecule has 1 aromatic rings. The fourth-order valence-electron chi connectivity index (χ4n) is 4.70. The summed E-state index contributed by atoms with van der Waals surface area (Å²) >= 11 is 0. The van der Waals surface area contributed by atoms with Crippen molar-refractivity contribution in [1.29, 1.82) is 0 Å². The summed E-state index contributed by atoms with van der Waals surface area (Å²) in [6, 6.07) is 3.68. The maximum Gasteiger partial charge on any atom is 0.338 e. The van der Waals surface area contributed by atoms with Gasteiger partial charge in [0.05, 0.1) is 21.4 Å². The molecular weight excluding hydrogens is 387 g/mol. The van der Waals surface area contributed by atoms with Crippen LogP contribution in [-0.4, -0.2) is 36.9 Å². The molecule has 0 radical (unpaired) electrons. The fraction of sp³-hybridized carbons (Fsp3) is 0.650. The highest BCUT2D eigenvalue weighted by Crippen LogP contribution is 2.59. The van der Waals surface area contributed by atoms with E-state index < -0.39 is 39.9 Å². The number of carbonyl (C=O) groups excluding carboxylic acids is 1. The van der Waals surface area contributed by atoms with Crippen molar-refractivity contribution in [2.45, 2.75) is 52.1 Å². The SMILES string of the molecule is CC(C)(C)C1(Oc2cc(C(=O)OCCS(=O)(=O)[O-])ccc2F)CC2CCC1C2. The topological polar surface area (TPSA) is 92.7 Å². The van der Waals surface area contributed by atoms with E-state index in [0.717, 1.165) is 25.3 Å². The maximum atomic E-state index is 14.5. The molecule has 0 amide bonds. The Morgan fingerprint density at radius 3 is 2.57 bits per heavy atom.